The molecule has 1 heterocycles. The molecule has 0 aromatic heterocycles. The van der Waals surface area contributed by atoms with Crippen LogP contribution in [0.4, 0.5) is 0 Å². The smallest absolute Gasteiger partial charge is 0.241 e. The van der Waals surface area contributed by atoms with Crippen LogP contribution in [-0.4, -0.2) is 35.1 Å². The number of Topliss-reactive ketones (excluding diaryl/α,β-unsaturated/α-hetero) is 1. The third-order valence-corrected chi connectivity index (χ3v) is 4.92. The molecule has 1 rings (SSSR count). The van der Waals surface area contributed by atoms with E-state index in [0.717, 1.165) is 18.4 Å². The zero-order chi connectivity index (χ0) is 19.0. The predicted octanol–water partition coefficient (Wildman–Crippen LogP) is 3.06. The molecule has 142 valence electrons. The van der Waals surface area contributed by atoms with Crippen molar-refractivity contribution in [2.75, 3.05) is 6.61 Å². The summed E-state index contributed by atoms with van der Waals surface area (Å²) in [4.78, 5) is 23.4. The first-order chi connectivity index (χ1) is 11.6. The van der Waals surface area contributed by atoms with E-state index in [1.165, 1.54) is 11.6 Å². The molecule has 3 atom stereocenters. The van der Waals surface area contributed by atoms with Crippen LogP contribution < -0.4 is 5.73 Å². The van der Waals surface area contributed by atoms with Gasteiger partial charge < -0.3 is 15.6 Å². The van der Waals surface area contributed by atoms with Crippen molar-refractivity contribution in [1.82, 2.24) is 0 Å². The van der Waals surface area contributed by atoms with Crippen LogP contribution in [0.3, 0.4) is 0 Å². The Morgan fingerprint density at radius 1 is 1.40 bits per heavy atom. The molecule has 0 spiro atoms. The Morgan fingerprint density at radius 2 is 2.08 bits per heavy atom. The fourth-order valence-electron chi connectivity index (χ4n) is 3.01. The first-order valence-corrected chi connectivity index (χ1v) is 9.11. The van der Waals surface area contributed by atoms with Crippen LogP contribution in [0.15, 0.2) is 23.3 Å². The average Bonchev–Trinajstić information content (AvgIpc) is 2.66. The molecular formula is C20H33NO4. The second-order valence-corrected chi connectivity index (χ2v) is 7.60. The van der Waals surface area contributed by atoms with Crippen LogP contribution in [0.25, 0.3) is 0 Å². The fraction of sp³-hybridized carbons (Fsp3) is 0.700. The number of amides is 1. The van der Waals surface area contributed by atoms with Crippen LogP contribution in [0, 0.1) is 5.92 Å². The van der Waals surface area contributed by atoms with E-state index in [1.807, 2.05) is 33.8 Å². The van der Waals surface area contributed by atoms with Crippen LogP contribution >= 0.6 is 0 Å². The van der Waals surface area contributed by atoms with E-state index in [9.17, 15) is 14.7 Å². The first-order valence-electron chi connectivity index (χ1n) is 9.11. The molecule has 3 N–H and O–H groups in total. The highest BCUT2D eigenvalue weighted by molar-refractivity contribution is 5.89. The zero-order valence-electron chi connectivity index (χ0n) is 16.0. The van der Waals surface area contributed by atoms with Crippen LogP contribution in [0.5, 0.6) is 0 Å². The topological polar surface area (TPSA) is 89.6 Å². The van der Waals surface area contributed by atoms with Crippen LogP contribution in [0.2, 0.25) is 0 Å². The van der Waals surface area contributed by atoms with Gasteiger partial charge in [-0.25, -0.2) is 0 Å². The number of carbonyl (C=O) groups is 2. The van der Waals surface area contributed by atoms with Gasteiger partial charge in [0.1, 0.15) is 5.60 Å². The quantitative estimate of drug-likeness (QED) is 0.519. The predicted molar refractivity (Wildman–Crippen MR) is 98.9 cm³/mol. The molecule has 5 nitrogen and oxygen atoms in total. The normalized spacial score (nSPS) is 25.3. The largest absolute Gasteiger partial charge is 0.393 e. The summed E-state index contributed by atoms with van der Waals surface area (Å²) in [7, 11) is 0. The summed E-state index contributed by atoms with van der Waals surface area (Å²) >= 11 is 0. The molecule has 0 bridgehead atoms. The Labute approximate surface area is 151 Å². The molecule has 5 heteroatoms. The molecule has 0 aromatic carbocycles. The van der Waals surface area contributed by atoms with Crippen molar-refractivity contribution in [2.45, 2.75) is 77.9 Å². The van der Waals surface area contributed by atoms with Crippen molar-refractivity contribution in [2.24, 2.45) is 11.7 Å². The summed E-state index contributed by atoms with van der Waals surface area (Å²) in [6.07, 6.45) is 6.88. The van der Waals surface area contributed by atoms with Gasteiger partial charge in [-0.3, -0.25) is 9.59 Å². The molecule has 1 aliphatic heterocycles. The van der Waals surface area contributed by atoms with E-state index in [2.05, 4.69) is 0 Å². The second kappa shape index (κ2) is 9.88. The highest BCUT2D eigenvalue weighted by atomic mass is 16.5. The zero-order valence-corrected chi connectivity index (χ0v) is 16.0. The van der Waals surface area contributed by atoms with Gasteiger partial charge in [0.25, 0.3) is 0 Å². The van der Waals surface area contributed by atoms with Gasteiger partial charge in [0.05, 0.1) is 12.7 Å². The number of primary amides is 1. The number of hydrogen-bond donors (Lipinski definition) is 2. The van der Waals surface area contributed by atoms with Crippen molar-refractivity contribution >= 4 is 11.7 Å². The standard InChI is InChI=1S/C20H33NO4/c1-14(2)7-9-17(22)15(3)6-5-11-20(4)18(23)10-8-16(13-25-20)12-19(21)24/h7,12,15,17,22H,5-6,8-11,13H2,1-4H3,(H2,21,24)/t15?,17?,20-/m0/s1. The number of nitrogens with two attached hydrogens (primary N) is 1. The highest BCUT2D eigenvalue weighted by Gasteiger charge is 2.35. The summed E-state index contributed by atoms with van der Waals surface area (Å²) < 4.78 is 5.84. The number of allylic oxidation sites excluding steroid dienone is 1. The lowest BCUT2D eigenvalue weighted by molar-refractivity contribution is -0.140. The minimum Gasteiger partial charge on any atom is -0.393 e. The Bertz CT molecular complexity index is 534. The Hall–Kier alpha value is -1.46. The lowest BCUT2D eigenvalue weighted by atomic mass is 9.88. The molecule has 0 saturated carbocycles. The molecule has 1 amide bonds. The summed E-state index contributed by atoms with van der Waals surface area (Å²) in [6, 6.07) is 0. The van der Waals surface area contributed by atoms with E-state index < -0.39 is 11.5 Å². The van der Waals surface area contributed by atoms with E-state index >= 15 is 0 Å². The molecule has 2 unspecified atom stereocenters. The average molecular weight is 351 g/mol. The summed E-state index contributed by atoms with van der Waals surface area (Å²) in [5.41, 5.74) is 6.33. The third kappa shape index (κ3) is 7.53. The molecule has 1 aliphatic rings. The van der Waals surface area contributed by atoms with Gasteiger partial charge in [-0.2, -0.15) is 0 Å². The van der Waals surface area contributed by atoms with Gasteiger partial charge in [0.15, 0.2) is 5.78 Å². The van der Waals surface area contributed by atoms with E-state index in [-0.39, 0.29) is 24.4 Å². The van der Waals surface area contributed by atoms with Crippen LogP contribution in [0.1, 0.15) is 66.2 Å². The molecule has 0 aliphatic carbocycles. The maximum Gasteiger partial charge on any atom is 0.241 e. The minimum atomic E-state index is -0.822. The molecule has 0 aromatic rings. The summed E-state index contributed by atoms with van der Waals surface area (Å²) in [6.45, 7) is 8.17. The summed E-state index contributed by atoms with van der Waals surface area (Å²) in [5.74, 6) is -0.266. The van der Waals surface area contributed by atoms with Crippen molar-refractivity contribution in [1.29, 1.82) is 0 Å². The van der Waals surface area contributed by atoms with Crippen molar-refractivity contribution in [3.63, 3.8) is 0 Å². The Morgan fingerprint density at radius 3 is 2.68 bits per heavy atom. The third-order valence-electron chi connectivity index (χ3n) is 4.92. The van der Waals surface area contributed by atoms with Gasteiger partial charge >= 0.3 is 0 Å². The van der Waals surface area contributed by atoms with Gasteiger partial charge in [0, 0.05) is 12.5 Å². The Balaban J connectivity index is 2.53. The fourth-order valence-corrected chi connectivity index (χ4v) is 3.01. The van der Waals surface area contributed by atoms with E-state index in [1.54, 1.807) is 0 Å². The number of ketones is 1. The van der Waals surface area contributed by atoms with Crippen LogP contribution in [-0.2, 0) is 14.3 Å². The SMILES string of the molecule is CC(C)=CCC(O)C(C)CCC[C@]1(C)OCC(=CC(N)=O)CCC1=O. The lowest BCUT2D eigenvalue weighted by Gasteiger charge is -2.27. The number of carbonyl (C=O) groups excluding carboxylic acids is 2. The lowest BCUT2D eigenvalue weighted by Crippen LogP contribution is -2.37. The second-order valence-electron chi connectivity index (χ2n) is 7.60. The molecule has 1 fully saturated rings. The van der Waals surface area contributed by atoms with E-state index in [0.29, 0.717) is 25.7 Å². The molecule has 1 saturated heterocycles. The maximum absolute atomic E-state index is 12.4. The molecular weight excluding hydrogens is 318 g/mol. The molecule has 25 heavy (non-hydrogen) atoms. The van der Waals surface area contributed by atoms with Gasteiger partial charge in [-0.15, -0.1) is 0 Å². The molecule has 0 radical (unpaired) electrons. The number of rotatable bonds is 8. The minimum absolute atomic E-state index is 0.0677. The summed E-state index contributed by atoms with van der Waals surface area (Å²) in [5, 5.41) is 10.2. The van der Waals surface area contributed by atoms with Crippen molar-refractivity contribution < 1.29 is 19.4 Å². The first kappa shape index (κ1) is 21.6. The van der Waals surface area contributed by atoms with Crippen molar-refractivity contribution in [3.8, 4) is 0 Å². The van der Waals surface area contributed by atoms with Gasteiger partial charge in [-0.05, 0) is 64.4 Å². The number of aliphatic hydroxyl groups excluding tert-OH is 1. The maximum atomic E-state index is 12.4. The Kier molecular flexibility index (Phi) is 8.53. The van der Waals surface area contributed by atoms with Crippen molar-refractivity contribution in [3.05, 3.63) is 23.3 Å². The highest BCUT2D eigenvalue weighted by Crippen LogP contribution is 2.29. The monoisotopic (exact) mass is 351 g/mol. The number of ether oxygens (including phenoxy) is 1. The number of hydrogen-bond acceptors (Lipinski definition) is 4. The number of aliphatic hydroxyl groups is 1. The van der Waals surface area contributed by atoms with Gasteiger partial charge in [0.2, 0.25) is 5.91 Å². The van der Waals surface area contributed by atoms with E-state index in [4.69, 9.17) is 10.5 Å². The van der Waals surface area contributed by atoms with Gasteiger partial charge in [-0.1, -0.05) is 18.6 Å².